The first-order chi connectivity index (χ1) is 16.3. The molecule has 8 heteroatoms. The predicted octanol–water partition coefficient (Wildman–Crippen LogP) is 2.78. The monoisotopic (exact) mass is 442 g/mol. The van der Waals surface area contributed by atoms with Crippen LogP contribution in [0.5, 0.6) is 0 Å². The molecule has 1 atom stereocenters. The van der Waals surface area contributed by atoms with Gasteiger partial charge < -0.3 is 24.6 Å². The van der Waals surface area contributed by atoms with Gasteiger partial charge in [0.1, 0.15) is 0 Å². The van der Waals surface area contributed by atoms with E-state index in [4.69, 9.17) is 19.7 Å². The summed E-state index contributed by atoms with van der Waals surface area (Å²) in [5, 5.41) is 11.3. The minimum absolute atomic E-state index is 0.0392. The number of hydrogen-bond acceptors (Lipinski definition) is 7. The normalized spacial score (nSPS) is 18.5. The second kappa shape index (κ2) is 8.46. The third-order valence-electron chi connectivity index (χ3n) is 6.54. The van der Waals surface area contributed by atoms with E-state index in [1.165, 1.54) is 11.1 Å². The maximum Gasteiger partial charge on any atom is 0.231 e. The van der Waals surface area contributed by atoms with Gasteiger partial charge in [-0.25, -0.2) is 0 Å². The van der Waals surface area contributed by atoms with Gasteiger partial charge in [0, 0.05) is 42.3 Å². The van der Waals surface area contributed by atoms with Crippen LogP contribution in [0.25, 0.3) is 22.3 Å². The highest BCUT2D eigenvalue weighted by Crippen LogP contribution is 2.30. The zero-order valence-corrected chi connectivity index (χ0v) is 18.3. The maximum absolute atomic E-state index is 10.2. The number of aromatic nitrogens is 4. The van der Waals surface area contributed by atoms with Crippen LogP contribution in [0.3, 0.4) is 0 Å². The molecular formula is C25H26N6O2. The molecule has 1 fully saturated rings. The molecule has 1 saturated heterocycles. The maximum atomic E-state index is 10.2. The summed E-state index contributed by atoms with van der Waals surface area (Å²) >= 11 is 0. The fraction of sp³-hybridized carbons (Fsp3) is 0.320. The summed E-state index contributed by atoms with van der Waals surface area (Å²) in [6.45, 7) is 3.49. The summed E-state index contributed by atoms with van der Waals surface area (Å²) in [5.41, 5.74) is 4.53. The molecule has 0 radical (unpaired) electrons. The molecule has 0 bridgehead atoms. The van der Waals surface area contributed by atoms with Gasteiger partial charge >= 0.3 is 0 Å². The van der Waals surface area contributed by atoms with E-state index >= 15 is 0 Å². The Morgan fingerprint density at radius 3 is 2.64 bits per heavy atom. The molecule has 4 aromatic rings. The second-order valence-electron chi connectivity index (χ2n) is 8.58. The number of aromatic amines is 1. The zero-order valence-electron chi connectivity index (χ0n) is 18.3. The van der Waals surface area contributed by atoms with E-state index in [0.29, 0.717) is 37.5 Å². The number of anilines is 2. The number of nitrogens with zero attached hydrogens (tertiary/aromatic N) is 5. The van der Waals surface area contributed by atoms with E-state index in [2.05, 4.69) is 51.2 Å². The molecule has 33 heavy (non-hydrogen) atoms. The number of hydrogen-bond donors (Lipinski definition) is 2. The molecule has 0 saturated carbocycles. The predicted molar refractivity (Wildman–Crippen MR) is 127 cm³/mol. The van der Waals surface area contributed by atoms with Crippen molar-refractivity contribution in [3.05, 3.63) is 65.9 Å². The lowest BCUT2D eigenvalue weighted by atomic mass is 9.94. The fourth-order valence-corrected chi connectivity index (χ4v) is 4.69. The number of ether oxygens (including phenoxy) is 1. The van der Waals surface area contributed by atoms with Crippen molar-refractivity contribution >= 4 is 22.8 Å². The molecule has 2 aromatic heterocycles. The Kier molecular flexibility index (Phi) is 5.16. The highest BCUT2D eigenvalue weighted by atomic mass is 16.5. The third kappa shape index (κ3) is 3.81. The summed E-state index contributed by atoms with van der Waals surface area (Å²) in [4.78, 5) is 22.2. The van der Waals surface area contributed by atoms with E-state index in [9.17, 15) is 5.11 Å². The first-order valence-corrected chi connectivity index (χ1v) is 11.4. The average molecular weight is 443 g/mol. The molecular weight excluding hydrogens is 416 g/mol. The number of nitrogens with one attached hydrogen (secondary N) is 1. The fourth-order valence-electron chi connectivity index (χ4n) is 4.69. The van der Waals surface area contributed by atoms with Crippen molar-refractivity contribution in [1.29, 1.82) is 0 Å². The van der Waals surface area contributed by atoms with E-state index in [1.807, 2.05) is 18.3 Å². The second-order valence-corrected chi connectivity index (χ2v) is 8.58. The van der Waals surface area contributed by atoms with E-state index in [0.717, 1.165) is 36.0 Å². The summed E-state index contributed by atoms with van der Waals surface area (Å²) in [7, 11) is 0. The molecule has 168 valence electrons. The summed E-state index contributed by atoms with van der Waals surface area (Å²) < 4.78 is 5.54. The van der Waals surface area contributed by atoms with Gasteiger partial charge in [0.05, 0.1) is 25.9 Å². The Morgan fingerprint density at radius 1 is 0.970 bits per heavy atom. The largest absolute Gasteiger partial charge is 0.394 e. The number of morpholine rings is 1. The van der Waals surface area contributed by atoms with Crippen molar-refractivity contribution < 1.29 is 9.84 Å². The van der Waals surface area contributed by atoms with Crippen LogP contribution in [0, 0.1) is 0 Å². The first-order valence-electron chi connectivity index (χ1n) is 11.4. The van der Waals surface area contributed by atoms with E-state index in [-0.39, 0.29) is 12.6 Å². The lowest BCUT2D eigenvalue weighted by Gasteiger charge is -2.36. The van der Waals surface area contributed by atoms with Crippen LogP contribution in [0.4, 0.5) is 11.9 Å². The van der Waals surface area contributed by atoms with Crippen LogP contribution in [0.1, 0.15) is 11.1 Å². The van der Waals surface area contributed by atoms with Crippen molar-refractivity contribution in [1.82, 2.24) is 19.9 Å². The number of rotatable bonds is 4. The topological polar surface area (TPSA) is 90.4 Å². The third-order valence-corrected chi connectivity index (χ3v) is 6.54. The van der Waals surface area contributed by atoms with Gasteiger partial charge in [0.15, 0.2) is 5.82 Å². The molecule has 0 aliphatic carbocycles. The van der Waals surface area contributed by atoms with Crippen molar-refractivity contribution in [2.24, 2.45) is 0 Å². The number of aliphatic hydroxyl groups excluding tert-OH is 1. The molecule has 8 nitrogen and oxygen atoms in total. The standard InChI is InChI=1S/C25H26N6O2/c32-16-21-14-17-3-1-2-4-20(17)15-31(21)25-28-23(19-5-6-22-18(13-19)7-8-26-22)27-24(29-25)30-9-11-33-12-10-30/h1-8,13,21,26,32H,9-12,14-16H2/t21-/m0/s1. The lowest BCUT2D eigenvalue weighted by Crippen LogP contribution is -2.44. The Labute approximate surface area is 191 Å². The smallest absolute Gasteiger partial charge is 0.231 e. The van der Waals surface area contributed by atoms with E-state index in [1.54, 1.807) is 0 Å². The Bertz CT molecular complexity index is 1280. The summed E-state index contributed by atoms with van der Waals surface area (Å²) in [5.74, 6) is 1.90. The van der Waals surface area contributed by atoms with Crippen molar-refractivity contribution in [3.63, 3.8) is 0 Å². The Morgan fingerprint density at radius 2 is 1.79 bits per heavy atom. The Hall–Kier alpha value is -3.49. The lowest BCUT2D eigenvalue weighted by molar-refractivity contribution is 0.122. The van der Waals surface area contributed by atoms with Crippen molar-refractivity contribution in [2.45, 2.75) is 19.0 Å². The molecule has 2 aliphatic rings. The number of benzene rings is 2. The summed E-state index contributed by atoms with van der Waals surface area (Å²) in [6, 6.07) is 16.5. The molecule has 2 aromatic carbocycles. The van der Waals surface area contributed by atoms with Crippen molar-refractivity contribution in [2.75, 3.05) is 42.7 Å². The molecule has 0 spiro atoms. The molecule has 6 rings (SSSR count). The molecule has 4 heterocycles. The van der Waals surface area contributed by atoms with Crippen molar-refractivity contribution in [3.8, 4) is 11.4 Å². The van der Waals surface area contributed by atoms with Crippen LogP contribution >= 0.6 is 0 Å². The van der Waals surface area contributed by atoms with Crippen LogP contribution in [-0.4, -0.2) is 64.0 Å². The van der Waals surface area contributed by atoms with Gasteiger partial charge in [-0.15, -0.1) is 0 Å². The number of H-pyrrole nitrogens is 1. The molecule has 0 unspecified atom stereocenters. The first kappa shape index (κ1) is 20.1. The molecule has 0 amide bonds. The number of aliphatic hydroxyl groups is 1. The summed E-state index contributed by atoms with van der Waals surface area (Å²) in [6.07, 6.45) is 2.69. The molecule has 2 aliphatic heterocycles. The highest BCUT2D eigenvalue weighted by Gasteiger charge is 2.29. The van der Waals surface area contributed by atoms with Gasteiger partial charge in [0.2, 0.25) is 11.9 Å². The van der Waals surface area contributed by atoms with Gasteiger partial charge in [-0.1, -0.05) is 24.3 Å². The van der Waals surface area contributed by atoms with Crippen LogP contribution in [-0.2, 0) is 17.7 Å². The highest BCUT2D eigenvalue weighted by molar-refractivity contribution is 5.84. The van der Waals surface area contributed by atoms with Crippen LogP contribution < -0.4 is 9.80 Å². The van der Waals surface area contributed by atoms with Gasteiger partial charge in [-0.3, -0.25) is 0 Å². The van der Waals surface area contributed by atoms with Crippen LogP contribution in [0.15, 0.2) is 54.7 Å². The van der Waals surface area contributed by atoms with Gasteiger partial charge in [0.25, 0.3) is 0 Å². The molecule has 2 N–H and O–H groups in total. The van der Waals surface area contributed by atoms with Gasteiger partial charge in [-0.05, 0) is 41.8 Å². The van der Waals surface area contributed by atoms with Crippen LogP contribution in [0.2, 0.25) is 0 Å². The minimum atomic E-state index is -0.0835. The zero-order chi connectivity index (χ0) is 22.2. The number of fused-ring (bicyclic) bond motifs is 2. The minimum Gasteiger partial charge on any atom is -0.394 e. The average Bonchev–Trinajstić information content (AvgIpc) is 3.36. The van der Waals surface area contributed by atoms with E-state index < -0.39 is 0 Å². The van der Waals surface area contributed by atoms with Gasteiger partial charge in [-0.2, -0.15) is 15.0 Å². The Balaban J connectivity index is 1.45. The quantitative estimate of drug-likeness (QED) is 0.502. The SMILES string of the molecule is OC[C@@H]1Cc2ccccc2CN1c1nc(-c2ccc3[nH]ccc3c2)nc(N2CCOCC2)n1.